The maximum Gasteiger partial charge on any atom is 0.172 e. The minimum Gasteiger partial charge on any atom is -0.409 e. The first kappa shape index (κ1) is 14.6. The van der Waals surface area contributed by atoms with E-state index >= 15 is 0 Å². The highest BCUT2D eigenvalue weighted by Crippen LogP contribution is 2.21. The molecule has 0 aromatic carbocycles. The Labute approximate surface area is 112 Å². The third kappa shape index (κ3) is 3.53. The van der Waals surface area contributed by atoms with Gasteiger partial charge in [0.2, 0.25) is 0 Å². The Hall–Kier alpha value is -1.43. The normalized spacial score (nSPS) is 13.4. The van der Waals surface area contributed by atoms with E-state index in [1.807, 2.05) is 18.8 Å². The number of oxime groups is 1. The van der Waals surface area contributed by atoms with Gasteiger partial charge >= 0.3 is 0 Å². The number of pyridine rings is 1. The molecule has 6 heteroatoms. The van der Waals surface area contributed by atoms with Crippen molar-refractivity contribution in [3.63, 3.8) is 0 Å². The zero-order valence-corrected chi connectivity index (χ0v) is 11.8. The number of anilines is 1. The average Bonchev–Trinajstić information content (AvgIpc) is 2.43. The Morgan fingerprint density at radius 3 is 3.00 bits per heavy atom. The Kier molecular flexibility index (Phi) is 5.77. The van der Waals surface area contributed by atoms with E-state index in [2.05, 4.69) is 28.2 Å². The first-order valence-electron chi connectivity index (χ1n) is 5.75. The summed E-state index contributed by atoms with van der Waals surface area (Å²) in [5.41, 5.74) is 7.25. The van der Waals surface area contributed by atoms with Crippen LogP contribution in [0.25, 0.3) is 0 Å². The summed E-state index contributed by atoms with van der Waals surface area (Å²) < 4.78 is 0. The molecular formula is C12H20N4OS. The van der Waals surface area contributed by atoms with Crippen LogP contribution < -0.4 is 10.6 Å². The lowest BCUT2D eigenvalue weighted by atomic mass is 10.1. The predicted octanol–water partition coefficient (Wildman–Crippen LogP) is 1.75. The minimum absolute atomic E-state index is 0.108. The van der Waals surface area contributed by atoms with Crippen molar-refractivity contribution < 1.29 is 5.21 Å². The maximum atomic E-state index is 8.80. The summed E-state index contributed by atoms with van der Waals surface area (Å²) in [6.45, 7) is 2.15. The molecule has 0 aliphatic carbocycles. The number of thioether (sulfide) groups is 1. The van der Waals surface area contributed by atoms with Gasteiger partial charge in [-0.3, -0.25) is 4.98 Å². The lowest BCUT2D eigenvalue weighted by Gasteiger charge is -2.28. The van der Waals surface area contributed by atoms with Crippen molar-refractivity contribution in [2.24, 2.45) is 10.9 Å². The second-order valence-corrected chi connectivity index (χ2v) is 5.11. The molecule has 1 aromatic rings. The SMILES string of the molecule is CSCCC(C)N(C)c1cnccc1/C(N)=N/O. The topological polar surface area (TPSA) is 74.7 Å². The standard InChI is InChI=1S/C12H20N4OS/c1-9(5-7-18-3)16(2)11-8-14-6-4-10(11)12(13)15-17/h4,6,8-9,17H,5,7H2,1-3H3,(H2,13,15). The summed E-state index contributed by atoms with van der Waals surface area (Å²) in [6, 6.07) is 2.12. The van der Waals surface area contributed by atoms with E-state index in [-0.39, 0.29) is 5.84 Å². The van der Waals surface area contributed by atoms with E-state index in [9.17, 15) is 0 Å². The Morgan fingerprint density at radius 1 is 1.67 bits per heavy atom. The van der Waals surface area contributed by atoms with Gasteiger partial charge in [0.15, 0.2) is 5.84 Å². The highest BCUT2D eigenvalue weighted by molar-refractivity contribution is 7.98. The van der Waals surface area contributed by atoms with Crippen molar-refractivity contribution in [3.8, 4) is 0 Å². The van der Waals surface area contributed by atoms with Gasteiger partial charge in [0.25, 0.3) is 0 Å². The van der Waals surface area contributed by atoms with Crippen molar-refractivity contribution in [2.75, 3.05) is 24.0 Å². The summed E-state index contributed by atoms with van der Waals surface area (Å²) in [6.07, 6.45) is 6.54. The lowest BCUT2D eigenvalue weighted by molar-refractivity contribution is 0.318. The smallest absolute Gasteiger partial charge is 0.172 e. The van der Waals surface area contributed by atoms with Gasteiger partial charge in [0.1, 0.15) is 0 Å². The fraction of sp³-hybridized carbons (Fsp3) is 0.500. The van der Waals surface area contributed by atoms with Crippen LogP contribution in [-0.2, 0) is 0 Å². The van der Waals surface area contributed by atoms with E-state index in [1.165, 1.54) is 0 Å². The first-order chi connectivity index (χ1) is 8.61. The van der Waals surface area contributed by atoms with Crippen LogP contribution in [-0.4, -0.2) is 41.1 Å². The Balaban J connectivity index is 2.94. The largest absolute Gasteiger partial charge is 0.409 e. The lowest BCUT2D eigenvalue weighted by Crippen LogP contribution is -2.31. The number of hydrogen-bond donors (Lipinski definition) is 2. The van der Waals surface area contributed by atoms with Gasteiger partial charge < -0.3 is 15.8 Å². The quantitative estimate of drug-likeness (QED) is 0.356. The zero-order valence-electron chi connectivity index (χ0n) is 11.0. The molecule has 0 saturated heterocycles. The molecule has 0 fully saturated rings. The van der Waals surface area contributed by atoms with E-state index in [0.29, 0.717) is 11.6 Å². The van der Waals surface area contributed by atoms with Crippen molar-refractivity contribution in [1.82, 2.24) is 4.98 Å². The van der Waals surface area contributed by atoms with Gasteiger partial charge in [-0.25, -0.2) is 0 Å². The van der Waals surface area contributed by atoms with Gasteiger partial charge in [-0.15, -0.1) is 0 Å². The predicted molar refractivity (Wildman–Crippen MR) is 77.6 cm³/mol. The van der Waals surface area contributed by atoms with Gasteiger partial charge in [0.05, 0.1) is 11.9 Å². The van der Waals surface area contributed by atoms with Crippen molar-refractivity contribution in [1.29, 1.82) is 0 Å². The molecule has 3 N–H and O–H groups in total. The Morgan fingerprint density at radius 2 is 2.39 bits per heavy atom. The van der Waals surface area contributed by atoms with Crippen LogP contribution in [0.1, 0.15) is 18.9 Å². The second kappa shape index (κ2) is 7.10. The van der Waals surface area contributed by atoms with Gasteiger partial charge in [-0.2, -0.15) is 11.8 Å². The molecule has 1 atom stereocenters. The van der Waals surface area contributed by atoms with Gasteiger partial charge in [-0.1, -0.05) is 5.16 Å². The van der Waals surface area contributed by atoms with Crippen LogP contribution in [0, 0.1) is 0 Å². The van der Waals surface area contributed by atoms with E-state index in [1.54, 1.807) is 18.5 Å². The number of hydrogen-bond acceptors (Lipinski definition) is 5. The molecule has 5 nitrogen and oxygen atoms in total. The molecule has 0 saturated carbocycles. The highest BCUT2D eigenvalue weighted by atomic mass is 32.2. The third-order valence-electron chi connectivity index (χ3n) is 2.96. The number of aromatic nitrogens is 1. The molecular weight excluding hydrogens is 248 g/mol. The van der Waals surface area contributed by atoms with Crippen LogP contribution in [0.15, 0.2) is 23.6 Å². The average molecular weight is 268 g/mol. The summed E-state index contributed by atoms with van der Waals surface area (Å²) in [5, 5.41) is 11.9. The molecule has 0 amide bonds. The third-order valence-corrected chi connectivity index (χ3v) is 3.61. The summed E-state index contributed by atoms with van der Waals surface area (Å²) >= 11 is 1.83. The molecule has 1 aromatic heterocycles. The van der Waals surface area contributed by atoms with Crippen molar-refractivity contribution in [2.45, 2.75) is 19.4 Å². The maximum absolute atomic E-state index is 8.80. The zero-order chi connectivity index (χ0) is 13.5. The number of rotatable bonds is 6. The molecule has 0 bridgehead atoms. The van der Waals surface area contributed by atoms with Crippen molar-refractivity contribution >= 4 is 23.3 Å². The second-order valence-electron chi connectivity index (χ2n) is 4.12. The van der Waals surface area contributed by atoms with E-state index in [0.717, 1.165) is 17.9 Å². The molecule has 18 heavy (non-hydrogen) atoms. The van der Waals surface area contributed by atoms with Gasteiger partial charge in [0, 0.05) is 24.8 Å². The fourth-order valence-corrected chi connectivity index (χ4v) is 2.23. The van der Waals surface area contributed by atoms with Crippen LogP contribution in [0.4, 0.5) is 5.69 Å². The van der Waals surface area contributed by atoms with E-state index < -0.39 is 0 Å². The van der Waals surface area contributed by atoms with Crippen LogP contribution in [0.5, 0.6) is 0 Å². The molecule has 1 unspecified atom stereocenters. The molecule has 1 rings (SSSR count). The van der Waals surface area contributed by atoms with Crippen molar-refractivity contribution in [3.05, 3.63) is 24.0 Å². The monoisotopic (exact) mass is 268 g/mol. The van der Waals surface area contributed by atoms with E-state index in [4.69, 9.17) is 10.9 Å². The van der Waals surface area contributed by atoms with Crippen LogP contribution >= 0.6 is 11.8 Å². The van der Waals surface area contributed by atoms with Crippen LogP contribution in [0.3, 0.4) is 0 Å². The fourth-order valence-electron chi connectivity index (χ4n) is 1.66. The minimum atomic E-state index is 0.108. The molecule has 0 spiro atoms. The van der Waals surface area contributed by atoms with Crippen LogP contribution in [0.2, 0.25) is 0 Å². The number of nitrogens with zero attached hydrogens (tertiary/aromatic N) is 3. The molecule has 0 aliphatic heterocycles. The van der Waals surface area contributed by atoms with Gasteiger partial charge in [-0.05, 0) is 31.4 Å². The number of nitrogens with two attached hydrogens (primary N) is 1. The first-order valence-corrected chi connectivity index (χ1v) is 7.14. The summed E-state index contributed by atoms with van der Waals surface area (Å²) in [7, 11) is 2.00. The highest BCUT2D eigenvalue weighted by Gasteiger charge is 2.15. The molecule has 0 aliphatic rings. The summed E-state index contributed by atoms with van der Waals surface area (Å²) in [5.74, 6) is 1.21. The number of amidine groups is 1. The Bertz CT molecular complexity index is 411. The molecule has 0 radical (unpaired) electrons. The molecule has 100 valence electrons. The molecule has 1 heterocycles. The summed E-state index contributed by atoms with van der Waals surface area (Å²) in [4.78, 5) is 6.21.